The number of H-pyrrole nitrogens is 1. The van der Waals surface area contributed by atoms with E-state index in [-0.39, 0.29) is 0 Å². The molecule has 2 heterocycles. The number of nitrogens with one attached hydrogen (secondary N) is 1. The standard InChI is InChI=1S/C17H11Cl2N3/c1-9-15-17(22-21-9)12-5-3-2-4-11(12)16(20-15)10-6-7-13(18)14(19)8-10/h2-8H,1H3,(H,21,22). The third kappa shape index (κ3) is 1.97. The van der Waals surface area contributed by atoms with Crippen LogP contribution in [0.15, 0.2) is 42.5 Å². The van der Waals surface area contributed by atoms with E-state index in [4.69, 9.17) is 28.2 Å². The lowest BCUT2D eigenvalue weighted by Gasteiger charge is -2.08. The van der Waals surface area contributed by atoms with Gasteiger partial charge in [0.25, 0.3) is 0 Å². The Balaban J connectivity index is 2.14. The maximum absolute atomic E-state index is 6.17. The molecule has 0 saturated heterocycles. The Hall–Kier alpha value is -2.10. The molecular weight excluding hydrogens is 317 g/mol. The first-order valence-electron chi connectivity index (χ1n) is 6.84. The van der Waals surface area contributed by atoms with E-state index < -0.39 is 0 Å². The first-order valence-corrected chi connectivity index (χ1v) is 7.59. The quantitative estimate of drug-likeness (QED) is 0.509. The van der Waals surface area contributed by atoms with E-state index in [1.54, 1.807) is 6.07 Å². The summed E-state index contributed by atoms with van der Waals surface area (Å²) in [5.41, 5.74) is 4.53. The second-order valence-electron chi connectivity index (χ2n) is 5.18. The summed E-state index contributed by atoms with van der Waals surface area (Å²) in [6.07, 6.45) is 0. The summed E-state index contributed by atoms with van der Waals surface area (Å²) in [7, 11) is 0. The molecular formula is C17H11Cl2N3. The molecule has 0 aliphatic heterocycles. The van der Waals surface area contributed by atoms with Crippen LogP contribution in [0.5, 0.6) is 0 Å². The van der Waals surface area contributed by atoms with Gasteiger partial charge in [-0.25, -0.2) is 4.98 Å². The predicted molar refractivity (Wildman–Crippen MR) is 91.6 cm³/mol. The predicted octanol–water partition coefficient (Wildman–Crippen LogP) is 5.39. The Kier molecular flexibility index (Phi) is 3.06. The average Bonchev–Trinajstić information content (AvgIpc) is 2.91. The third-order valence-electron chi connectivity index (χ3n) is 3.77. The Bertz CT molecular complexity index is 1020. The minimum absolute atomic E-state index is 0.522. The molecule has 0 unspecified atom stereocenters. The number of fused-ring (bicyclic) bond motifs is 3. The van der Waals surface area contributed by atoms with Crippen molar-refractivity contribution >= 4 is 45.0 Å². The maximum atomic E-state index is 6.17. The van der Waals surface area contributed by atoms with Crippen LogP contribution in [0.2, 0.25) is 10.0 Å². The monoisotopic (exact) mass is 327 g/mol. The highest BCUT2D eigenvalue weighted by atomic mass is 35.5. The second-order valence-corrected chi connectivity index (χ2v) is 6.00. The lowest BCUT2D eigenvalue weighted by Crippen LogP contribution is -1.89. The van der Waals surface area contributed by atoms with Gasteiger partial charge in [0, 0.05) is 16.3 Å². The highest BCUT2D eigenvalue weighted by Gasteiger charge is 2.14. The Morgan fingerprint density at radius 3 is 2.45 bits per heavy atom. The molecule has 1 N–H and O–H groups in total. The Morgan fingerprint density at radius 1 is 0.909 bits per heavy atom. The molecule has 2 aromatic carbocycles. The molecule has 0 atom stereocenters. The van der Waals surface area contributed by atoms with E-state index in [9.17, 15) is 0 Å². The highest BCUT2D eigenvalue weighted by Crippen LogP contribution is 2.34. The van der Waals surface area contributed by atoms with Crippen LogP contribution in [0.4, 0.5) is 0 Å². The molecule has 22 heavy (non-hydrogen) atoms. The van der Waals surface area contributed by atoms with E-state index >= 15 is 0 Å². The van der Waals surface area contributed by atoms with Crippen LogP contribution in [0.25, 0.3) is 33.1 Å². The van der Waals surface area contributed by atoms with Gasteiger partial charge in [-0.3, -0.25) is 5.10 Å². The first-order chi connectivity index (χ1) is 10.6. The molecule has 0 amide bonds. The van der Waals surface area contributed by atoms with Gasteiger partial charge in [-0.15, -0.1) is 0 Å². The van der Waals surface area contributed by atoms with Gasteiger partial charge in [0.15, 0.2) is 0 Å². The molecule has 0 saturated carbocycles. The average molecular weight is 328 g/mol. The van der Waals surface area contributed by atoms with Gasteiger partial charge in [0.2, 0.25) is 0 Å². The molecule has 0 bridgehead atoms. The molecule has 0 fully saturated rings. The van der Waals surface area contributed by atoms with Crippen molar-refractivity contribution in [3.63, 3.8) is 0 Å². The van der Waals surface area contributed by atoms with Crippen molar-refractivity contribution in [2.75, 3.05) is 0 Å². The van der Waals surface area contributed by atoms with Gasteiger partial charge in [-0.05, 0) is 19.1 Å². The van der Waals surface area contributed by atoms with Gasteiger partial charge < -0.3 is 0 Å². The number of rotatable bonds is 1. The molecule has 3 nitrogen and oxygen atoms in total. The van der Waals surface area contributed by atoms with Crippen LogP contribution in [-0.2, 0) is 0 Å². The van der Waals surface area contributed by atoms with Crippen molar-refractivity contribution in [2.45, 2.75) is 6.92 Å². The van der Waals surface area contributed by atoms with Crippen molar-refractivity contribution in [1.82, 2.24) is 15.2 Å². The zero-order valence-electron chi connectivity index (χ0n) is 11.7. The number of aryl methyl sites for hydroxylation is 1. The van der Waals surface area contributed by atoms with Crippen molar-refractivity contribution in [3.8, 4) is 11.3 Å². The zero-order chi connectivity index (χ0) is 15.3. The van der Waals surface area contributed by atoms with Crippen LogP contribution in [0, 0.1) is 6.92 Å². The number of halogens is 2. The van der Waals surface area contributed by atoms with E-state index in [0.29, 0.717) is 10.0 Å². The van der Waals surface area contributed by atoms with E-state index in [1.165, 1.54) is 0 Å². The lowest BCUT2D eigenvalue weighted by atomic mass is 10.0. The smallest absolute Gasteiger partial charge is 0.119 e. The van der Waals surface area contributed by atoms with E-state index in [0.717, 1.165) is 38.8 Å². The van der Waals surface area contributed by atoms with Gasteiger partial charge in [-0.2, -0.15) is 5.10 Å². The molecule has 0 aliphatic rings. The van der Waals surface area contributed by atoms with Crippen LogP contribution in [0.1, 0.15) is 5.69 Å². The highest BCUT2D eigenvalue weighted by molar-refractivity contribution is 6.42. The lowest BCUT2D eigenvalue weighted by molar-refractivity contribution is 1.07. The topological polar surface area (TPSA) is 41.6 Å². The van der Waals surface area contributed by atoms with Gasteiger partial charge in [0.1, 0.15) is 11.0 Å². The fourth-order valence-corrected chi connectivity index (χ4v) is 2.98. The summed E-state index contributed by atoms with van der Waals surface area (Å²) in [4.78, 5) is 4.81. The minimum Gasteiger partial charge on any atom is -0.280 e. The maximum Gasteiger partial charge on any atom is 0.119 e. The van der Waals surface area contributed by atoms with Crippen molar-refractivity contribution < 1.29 is 0 Å². The number of benzene rings is 2. The number of pyridine rings is 1. The number of aromatic nitrogens is 3. The summed E-state index contributed by atoms with van der Waals surface area (Å²) in [6, 6.07) is 13.7. The summed E-state index contributed by atoms with van der Waals surface area (Å²) in [5.74, 6) is 0. The number of hydrogen-bond acceptors (Lipinski definition) is 2. The summed E-state index contributed by atoms with van der Waals surface area (Å²) in [5, 5.41) is 10.6. The van der Waals surface area contributed by atoms with Crippen molar-refractivity contribution in [1.29, 1.82) is 0 Å². The summed E-state index contributed by atoms with van der Waals surface area (Å²) < 4.78 is 0. The minimum atomic E-state index is 0.522. The molecule has 108 valence electrons. The summed E-state index contributed by atoms with van der Waals surface area (Å²) in [6.45, 7) is 1.97. The molecule has 5 heteroatoms. The molecule has 4 aromatic rings. The number of hydrogen-bond donors (Lipinski definition) is 1. The fourth-order valence-electron chi connectivity index (χ4n) is 2.68. The molecule has 2 aromatic heterocycles. The van der Waals surface area contributed by atoms with Crippen LogP contribution in [-0.4, -0.2) is 15.2 Å². The second kappa shape index (κ2) is 4.97. The van der Waals surface area contributed by atoms with Crippen molar-refractivity contribution in [2.24, 2.45) is 0 Å². The van der Waals surface area contributed by atoms with E-state index in [2.05, 4.69) is 16.3 Å². The Labute approximate surface area is 136 Å². The van der Waals surface area contributed by atoms with Crippen LogP contribution >= 0.6 is 23.2 Å². The first kappa shape index (κ1) is 13.6. The Morgan fingerprint density at radius 2 is 1.68 bits per heavy atom. The summed E-state index contributed by atoms with van der Waals surface area (Å²) >= 11 is 12.2. The molecule has 0 radical (unpaired) electrons. The zero-order valence-corrected chi connectivity index (χ0v) is 13.2. The normalized spacial score (nSPS) is 11.4. The van der Waals surface area contributed by atoms with Gasteiger partial charge in [-0.1, -0.05) is 53.5 Å². The SMILES string of the molecule is Cc1[nH]nc2c1nc(-c1ccc(Cl)c(Cl)c1)c1ccccc12. The van der Waals surface area contributed by atoms with Gasteiger partial charge >= 0.3 is 0 Å². The number of aromatic amines is 1. The number of nitrogens with zero attached hydrogens (tertiary/aromatic N) is 2. The van der Waals surface area contributed by atoms with Gasteiger partial charge in [0.05, 0.1) is 21.4 Å². The molecule has 4 rings (SSSR count). The molecule has 0 spiro atoms. The van der Waals surface area contributed by atoms with Crippen LogP contribution in [0.3, 0.4) is 0 Å². The fraction of sp³-hybridized carbons (Fsp3) is 0.0588. The molecule has 0 aliphatic carbocycles. The van der Waals surface area contributed by atoms with Crippen LogP contribution < -0.4 is 0 Å². The van der Waals surface area contributed by atoms with Crippen molar-refractivity contribution in [3.05, 3.63) is 58.2 Å². The van der Waals surface area contributed by atoms with E-state index in [1.807, 2.05) is 37.3 Å². The third-order valence-corrected chi connectivity index (χ3v) is 4.51. The largest absolute Gasteiger partial charge is 0.280 e.